The third-order valence-corrected chi connectivity index (χ3v) is 4.41. The topological polar surface area (TPSA) is 17.1 Å². The van der Waals surface area contributed by atoms with Crippen molar-refractivity contribution in [1.82, 2.24) is 0 Å². The van der Waals surface area contributed by atoms with E-state index in [1.807, 2.05) is 30.3 Å². The molecule has 0 heterocycles. The van der Waals surface area contributed by atoms with Gasteiger partial charge in [-0.1, -0.05) is 90.0 Å². The molecule has 3 rings (SSSR count). The summed E-state index contributed by atoms with van der Waals surface area (Å²) in [5, 5.41) is 0. The van der Waals surface area contributed by atoms with E-state index in [0.717, 1.165) is 17.5 Å². The highest BCUT2D eigenvalue weighted by Crippen LogP contribution is 2.26. The molecule has 0 saturated carbocycles. The van der Waals surface area contributed by atoms with Crippen LogP contribution in [-0.4, -0.2) is 5.78 Å². The first-order chi connectivity index (χ1) is 11.6. The number of hydrogen-bond donors (Lipinski definition) is 0. The Labute approximate surface area is 144 Å². The van der Waals surface area contributed by atoms with Crippen molar-refractivity contribution in [2.75, 3.05) is 0 Å². The zero-order chi connectivity index (χ0) is 16.9. The number of carbonyl (C=O) groups is 1. The lowest BCUT2D eigenvalue weighted by Gasteiger charge is -2.17. The first kappa shape index (κ1) is 16.2. The second-order valence-electron chi connectivity index (χ2n) is 6.38. The van der Waals surface area contributed by atoms with Crippen LogP contribution in [0.1, 0.15) is 38.5 Å². The molecule has 3 aromatic rings. The number of rotatable bonds is 5. The Morgan fingerprint density at radius 1 is 0.750 bits per heavy atom. The van der Waals surface area contributed by atoms with E-state index < -0.39 is 0 Å². The van der Waals surface area contributed by atoms with Gasteiger partial charge in [0.15, 0.2) is 5.78 Å². The van der Waals surface area contributed by atoms with Crippen molar-refractivity contribution in [3.8, 4) is 0 Å². The Kier molecular flexibility index (Phi) is 4.90. The van der Waals surface area contributed by atoms with Crippen molar-refractivity contribution < 1.29 is 4.79 Å². The maximum atomic E-state index is 13.1. The molecule has 1 heteroatoms. The van der Waals surface area contributed by atoms with Crippen LogP contribution < -0.4 is 0 Å². The van der Waals surface area contributed by atoms with Gasteiger partial charge in [-0.25, -0.2) is 0 Å². The third kappa shape index (κ3) is 3.80. The maximum absolute atomic E-state index is 13.1. The Balaban J connectivity index is 1.95. The average molecular weight is 314 g/mol. The predicted molar refractivity (Wildman–Crippen MR) is 99.6 cm³/mol. The summed E-state index contributed by atoms with van der Waals surface area (Å²) >= 11 is 0. The van der Waals surface area contributed by atoms with Crippen molar-refractivity contribution in [1.29, 1.82) is 0 Å². The van der Waals surface area contributed by atoms with Crippen LogP contribution in [0.15, 0.2) is 78.9 Å². The summed E-state index contributed by atoms with van der Waals surface area (Å²) in [6, 6.07) is 26.4. The van der Waals surface area contributed by atoms with E-state index in [-0.39, 0.29) is 11.7 Å². The van der Waals surface area contributed by atoms with Crippen molar-refractivity contribution in [3.63, 3.8) is 0 Å². The number of hydrogen-bond acceptors (Lipinski definition) is 1. The van der Waals surface area contributed by atoms with Crippen molar-refractivity contribution in [2.24, 2.45) is 0 Å². The molecule has 0 radical (unpaired) electrons. The van der Waals surface area contributed by atoms with Crippen molar-refractivity contribution >= 4 is 5.78 Å². The molecule has 1 nitrogen and oxygen atoms in total. The largest absolute Gasteiger partial charge is 0.293 e. The molecular weight excluding hydrogens is 292 g/mol. The summed E-state index contributed by atoms with van der Waals surface area (Å²) in [4.78, 5) is 13.1. The molecule has 0 amide bonds. The smallest absolute Gasteiger partial charge is 0.170 e. The Hall–Kier alpha value is -2.67. The molecular formula is C23H22O. The van der Waals surface area contributed by atoms with Gasteiger partial charge in [-0.3, -0.25) is 4.79 Å². The van der Waals surface area contributed by atoms with E-state index in [2.05, 4.69) is 62.4 Å². The summed E-state index contributed by atoms with van der Waals surface area (Å²) in [6.07, 6.45) is 0.719. The maximum Gasteiger partial charge on any atom is 0.170 e. The van der Waals surface area contributed by atoms with E-state index in [1.165, 1.54) is 16.7 Å². The second kappa shape index (κ2) is 7.27. The first-order valence-corrected chi connectivity index (χ1v) is 8.35. The summed E-state index contributed by atoms with van der Waals surface area (Å²) in [5.41, 5.74) is 5.49. The highest BCUT2D eigenvalue weighted by Gasteiger charge is 2.22. The number of Topliss-reactive ketones (excluding diaryl/α,β-unsaturated/α-hetero) is 1. The summed E-state index contributed by atoms with van der Waals surface area (Å²) in [5.74, 6) is 0.0238. The lowest BCUT2D eigenvalue weighted by atomic mass is 9.85. The van der Waals surface area contributed by atoms with E-state index >= 15 is 0 Å². The summed E-state index contributed by atoms with van der Waals surface area (Å²) < 4.78 is 0. The minimum Gasteiger partial charge on any atom is -0.293 e. The minimum absolute atomic E-state index is 0.157. The summed E-state index contributed by atoms with van der Waals surface area (Å²) in [6.45, 7) is 4.15. The van der Waals surface area contributed by atoms with Crippen LogP contribution in [0.4, 0.5) is 0 Å². The molecule has 0 saturated heterocycles. The van der Waals surface area contributed by atoms with Crippen LogP contribution in [0.3, 0.4) is 0 Å². The monoisotopic (exact) mass is 314 g/mol. The van der Waals surface area contributed by atoms with Gasteiger partial charge in [0, 0.05) is 5.56 Å². The van der Waals surface area contributed by atoms with Crippen LogP contribution in [0, 0.1) is 13.8 Å². The Bertz CT molecular complexity index is 799. The van der Waals surface area contributed by atoms with Gasteiger partial charge in [0.25, 0.3) is 0 Å². The molecule has 120 valence electrons. The molecule has 1 atom stereocenters. The van der Waals surface area contributed by atoms with Gasteiger partial charge in [0.05, 0.1) is 5.92 Å². The molecule has 0 spiro atoms. The standard InChI is InChI=1S/C23H22O/c1-17-8-12-19(13-9-17)16-22(20-14-10-18(2)11-15-20)23(24)21-6-4-3-5-7-21/h3-15,22H,16H2,1-2H3. The first-order valence-electron chi connectivity index (χ1n) is 8.35. The Morgan fingerprint density at radius 2 is 1.29 bits per heavy atom. The number of aryl methyl sites for hydroxylation is 2. The van der Waals surface area contributed by atoms with Gasteiger partial charge in [-0.15, -0.1) is 0 Å². The highest BCUT2D eigenvalue weighted by atomic mass is 16.1. The van der Waals surface area contributed by atoms with Crippen LogP contribution in [0.25, 0.3) is 0 Å². The quantitative estimate of drug-likeness (QED) is 0.567. The zero-order valence-corrected chi connectivity index (χ0v) is 14.2. The lowest BCUT2D eigenvalue weighted by molar-refractivity contribution is 0.0959. The summed E-state index contributed by atoms with van der Waals surface area (Å²) in [7, 11) is 0. The van der Waals surface area contributed by atoms with Crippen LogP contribution in [0.2, 0.25) is 0 Å². The van der Waals surface area contributed by atoms with E-state index in [1.54, 1.807) is 0 Å². The molecule has 0 aromatic heterocycles. The van der Waals surface area contributed by atoms with E-state index in [4.69, 9.17) is 0 Å². The molecule has 0 fully saturated rings. The average Bonchev–Trinajstić information content (AvgIpc) is 2.62. The zero-order valence-electron chi connectivity index (χ0n) is 14.2. The fraction of sp³-hybridized carbons (Fsp3) is 0.174. The normalized spacial score (nSPS) is 11.9. The highest BCUT2D eigenvalue weighted by molar-refractivity contribution is 6.01. The molecule has 3 aromatic carbocycles. The molecule has 0 aliphatic carbocycles. The van der Waals surface area contributed by atoms with Crippen LogP contribution in [-0.2, 0) is 6.42 Å². The molecule has 0 N–H and O–H groups in total. The van der Waals surface area contributed by atoms with Crippen molar-refractivity contribution in [3.05, 3.63) is 107 Å². The molecule has 0 bridgehead atoms. The Morgan fingerprint density at radius 3 is 1.88 bits per heavy atom. The van der Waals surface area contributed by atoms with Gasteiger partial charge < -0.3 is 0 Å². The molecule has 24 heavy (non-hydrogen) atoms. The van der Waals surface area contributed by atoms with E-state index in [0.29, 0.717) is 0 Å². The third-order valence-electron chi connectivity index (χ3n) is 4.41. The van der Waals surface area contributed by atoms with Crippen molar-refractivity contribution in [2.45, 2.75) is 26.2 Å². The van der Waals surface area contributed by atoms with Gasteiger partial charge in [-0.2, -0.15) is 0 Å². The van der Waals surface area contributed by atoms with Gasteiger partial charge >= 0.3 is 0 Å². The SMILES string of the molecule is Cc1ccc(CC(C(=O)c2ccccc2)c2ccc(C)cc2)cc1. The minimum atomic E-state index is -0.157. The molecule has 0 aliphatic heterocycles. The molecule has 1 unspecified atom stereocenters. The fourth-order valence-corrected chi connectivity index (χ4v) is 2.92. The predicted octanol–water partition coefficient (Wildman–Crippen LogP) is 5.51. The number of carbonyl (C=O) groups excluding carboxylic acids is 1. The second-order valence-corrected chi connectivity index (χ2v) is 6.38. The van der Waals surface area contributed by atoms with Gasteiger partial charge in [-0.05, 0) is 31.4 Å². The van der Waals surface area contributed by atoms with Gasteiger partial charge in [0.1, 0.15) is 0 Å². The van der Waals surface area contributed by atoms with Crippen LogP contribution in [0.5, 0.6) is 0 Å². The molecule has 0 aliphatic rings. The number of ketones is 1. The lowest BCUT2D eigenvalue weighted by Crippen LogP contribution is -2.15. The number of benzene rings is 3. The fourth-order valence-electron chi connectivity index (χ4n) is 2.92. The van der Waals surface area contributed by atoms with Crippen LogP contribution >= 0.6 is 0 Å². The van der Waals surface area contributed by atoms with Gasteiger partial charge in [0.2, 0.25) is 0 Å². The van der Waals surface area contributed by atoms with E-state index in [9.17, 15) is 4.79 Å².